The Labute approximate surface area is 189 Å². The average Bonchev–Trinajstić information content (AvgIpc) is 2.70. The van der Waals surface area contributed by atoms with Gasteiger partial charge in [-0.2, -0.15) is 8.42 Å². The molecule has 0 aromatic heterocycles. The van der Waals surface area contributed by atoms with Crippen LogP contribution in [0.2, 0.25) is 0 Å². The summed E-state index contributed by atoms with van der Waals surface area (Å²) in [5.41, 5.74) is 0.933. The van der Waals surface area contributed by atoms with Gasteiger partial charge in [-0.05, 0) is 45.4 Å². The molecule has 174 valence electrons. The number of carbonyl (C=O) groups excluding carboxylic acids is 2. The van der Waals surface area contributed by atoms with Gasteiger partial charge in [-0.25, -0.2) is 4.79 Å². The van der Waals surface area contributed by atoms with Crippen molar-refractivity contribution in [2.75, 3.05) is 6.61 Å². The fourth-order valence-corrected chi connectivity index (χ4v) is 3.52. The highest BCUT2D eigenvalue weighted by atomic mass is 32.2. The third-order valence-electron chi connectivity index (χ3n) is 4.11. The number of hydrogen-bond donors (Lipinski definition) is 1. The maximum atomic E-state index is 12.5. The molecule has 32 heavy (non-hydrogen) atoms. The summed E-state index contributed by atoms with van der Waals surface area (Å²) < 4.78 is 40.5. The summed E-state index contributed by atoms with van der Waals surface area (Å²) in [6, 6.07) is 14.3. The van der Waals surface area contributed by atoms with Gasteiger partial charge in [-0.1, -0.05) is 48.0 Å². The van der Waals surface area contributed by atoms with E-state index in [0.29, 0.717) is 0 Å². The zero-order valence-electron chi connectivity index (χ0n) is 18.7. The second-order valence-corrected chi connectivity index (χ2v) is 9.86. The number of benzene rings is 2. The summed E-state index contributed by atoms with van der Waals surface area (Å²) in [4.78, 5) is 24.5. The molecular formula is C23H29NO7S. The smallest absolute Gasteiger partial charge is 0.407 e. The van der Waals surface area contributed by atoms with Crippen LogP contribution in [0.1, 0.15) is 38.3 Å². The number of esters is 1. The van der Waals surface area contributed by atoms with Crippen molar-refractivity contribution in [2.45, 2.75) is 57.3 Å². The predicted octanol–water partition coefficient (Wildman–Crippen LogP) is 3.73. The molecule has 2 aromatic rings. The van der Waals surface area contributed by atoms with E-state index in [1.54, 1.807) is 45.0 Å². The highest BCUT2D eigenvalue weighted by Gasteiger charge is 2.25. The largest absolute Gasteiger partial charge is 0.461 e. The third kappa shape index (κ3) is 9.07. The Hall–Kier alpha value is -2.91. The lowest BCUT2D eigenvalue weighted by molar-refractivity contribution is -0.145. The Morgan fingerprint density at radius 3 is 2.22 bits per heavy atom. The van der Waals surface area contributed by atoms with E-state index in [-0.39, 0.29) is 17.9 Å². The van der Waals surface area contributed by atoms with Crippen LogP contribution in [-0.2, 0) is 35.2 Å². The first-order valence-electron chi connectivity index (χ1n) is 10.1. The highest BCUT2D eigenvalue weighted by molar-refractivity contribution is 7.86. The molecule has 2 rings (SSSR count). The van der Waals surface area contributed by atoms with Crippen molar-refractivity contribution in [3.05, 3.63) is 65.7 Å². The van der Waals surface area contributed by atoms with Crippen LogP contribution in [-0.4, -0.2) is 38.7 Å². The Morgan fingerprint density at radius 2 is 1.62 bits per heavy atom. The predicted molar refractivity (Wildman–Crippen MR) is 118 cm³/mol. The standard InChI is InChI=1S/C23H29NO7S/c1-17-10-12-20(13-11-17)32(27,28)30-16-19(24-22(26)31-23(2,3)4)14-21(25)29-15-18-8-6-5-7-9-18/h5-13,19H,14-16H2,1-4H3,(H,24,26)/t19-/m0/s1. The van der Waals surface area contributed by atoms with Crippen molar-refractivity contribution in [2.24, 2.45) is 0 Å². The molecule has 0 aliphatic rings. The second-order valence-electron chi connectivity index (χ2n) is 8.25. The van der Waals surface area contributed by atoms with Crippen molar-refractivity contribution in [1.29, 1.82) is 0 Å². The zero-order chi connectivity index (χ0) is 23.8. The van der Waals surface area contributed by atoms with Crippen molar-refractivity contribution in [3.63, 3.8) is 0 Å². The van der Waals surface area contributed by atoms with Gasteiger partial charge in [-0.15, -0.1) is 0 Å². The number of alkyl carbamates (subject to hydrolysis) is 1. The minimum absolute atomic E-state index is 0.0224. The molecule has 0 saturated carbocycles. The Morgan fingerprint density at radius 1 is 1.00 bits per heavy atom. The summed E-state index contributed by atoms with van der Waals surface area (Å²) in [6.07, 6.45) is -1.09. The molecule has 1 N–H and O–H groups in total. The van der Waals surface area contributed by atoms with Crippen LogP contribution in [0.5, 0.6) is 0 Å². The van der Waals surface area contributed by atoms with Gasteiger partial charge >= 0.3 is 12.1 Å². The van der Waals surface area contributed by atoms with Crippen LogP contribution >= 0.6 is 0 Å². The fourth-order valence-electron chi connectivity index (χ4n) is 2.57. The number of nitrogens with one attached hydrogen (secondary N) is 1. The molecule has 9 heteroatoms. The van der Waals surface area contributed by atoms with E-state index in [4.69, 9.17) is 13.7 Å². The SMILES string of the molecule is Cc1ccc(S(=O)(=O)OC[C@H](CC(=O)OCc2ccccc2)NC(=O)OC(C)(C)C)cc1. The first-order valence-corrected chi connectivity index (χ1v) is 11.5. The van der Waals surface area contributed by atoms with Crippen LogP contribution in [0.3, 0.4) is 0 Å². The maximum Gasteiger partial charge on any atom is 0.407 e. The lowest BCUT2D eigenvalue weighted by atomic mass is 10.2. The first-order chi connectivity index (χ1) is 14.9. The van der Waals surface area contributed by atoms with Gasteiger partial charge in [0, 0.05) is 0 Å². The van der Waals surface area contributed by atoms with E-state index in [1.165, 1.54) is 12.1 Å². The number of hydrogen-bond acceptors (Lipinski definition) is 7. The monoisotopic (exact) mass is 463 g/mol. The Balaban J connectivity index is 2.03. The second kappa shape index (κ2) is 11.1. The van der Waals surface area contributed by atoms with Crippen LogP contribution in [0.4, 0.5) is 4.79 Å². The van der Waals surface area contributed by atoms with E-state index < -0.39 is 40.4 Å². The zero-order valence-corrected chi connectivity index (χ0v) is 19.5. The molecule has 0 spiro atoms. The van der Waals surface area contributed by atoms with E-state index in [9.17, 15) is 18.0 Å². The molecule has 0 heterocycles. The minimum atomic E-state index is -4.08. The fraction of sp³-hybridized carbons (Fsp3) is 0.391. The van der Waals surface area contributed by atoms with Gasteiger partial charge in [0.15, 0.2) is 0 Å². The van der Waals surface area contributed by atoms with Crippen molar-refractivity contribution >= 4 is 22.2 Å². The molecule has 0 aliphatic carbocycles. The van der Waals surface area contributed by atoms with Crippen molar-refractivity contribution in [1.82, 2.24) is 5.32 Å². The van der Waals surface area contributed by atoms with Gasteiger partial charge in [0.2, 0.25) is 0 Å². The molecule has 1 amide bonds. The maximum absolute atomic E-state index is 12.5. The number of rotatable bonds is 9. The van der Waals surface area contributed by atoms with Gasteiger partial charge < -0.3 is 14.8 Å². The number of ether oxygens (including phenoxy) is 2. The van der Waals surface area contributed by atoms with E-state index in [2.05, 4.69) is 5.32 Å². The molecule has 0 bridgehead atoms. The lowest BCUT2D eigenvalue weighted by Crippen LogP contribution is -2.43. The Kier molecular flexibility index (Phi) is 8.80. The highest BCUT2D eigenvalue weighted by Crippen LogP contribution is 2.15. The summed E-state index contributed by atoms with van der Waals surface area (Å²) in [6.45, 7) is 6.49. The number of aryl methyl sites for hydroxylation is 1. The van der Waals surface area contributed by atoms with Crippen LogP contribution in [0.25, 0.3) is 0 Å². The van der Waals surface area contributed by atoms with Crippen LogP contribution in [0, 0.1) is 6.92 Å². The first kappa shape index (κ1) is 25.4. The number of amides is 1. The van der Waals surface area contributed by atoms with E-state index in [0.717, 1.165) is 11.1 Å². The minimum Gasteiger partial charge on any atom is -0.461 e. The van der Waals surface area contributed by atoms with Crippen molar-refractivity contribution < 1.29 is 31.7 Å². The molecule has 0 radical (unpaired) electrons. The molecule has 1 atom stereocenters. The van der Waals surface area contributed by atoms with Gasteiger partial charge in [-0.3, -0.25) is 8.98 Å². The molecule has 2 aromatic carbocycles. The van der Waals surface area contributed by atoms with Gasteiger partial charge in [0.25, 0.3) is 10.1 Å². The summed E-state index contributed by atoms with van der Waals surface area (Å²) >= 11 is 0. The molecule has 8 nitrogen and oxygen atoms in total. The average molecular weight is 464 g/mol. The molecule has 0 aliphatic heterocycles. The summed E-state index contributed by atoms with van der Waals surface area (Å²) in [7, 11) is -4.08. The topological polar surface area (TPSA) is 108 Å². The number of carbonyl (C=O) groups is 2. The normalized spacial score (nSPS) is 12.6. The van der Waals surface area contributed by atoms with E-state index in [1.807, 2.05) is 25.1 Å². The van der Waals surface area contributed by atoms with Crippen LogP contribution in [0.15, 0.2) is 59.5 Å². The van der Waals surface area contributed by atoms with Gasteiger partial charge in [0.05, 0.1) is 24.0 Å². The molecule has 0 unspecified atom stereocenters. The summed E-state index contributed by atoms with van der Waals surface area (Å²) in [5, 5.41) is 2.48. The third-order valence-corrected chi connectivity index (χ3v) is 5.41. The van der Waals surface area contributed by atoms with Gasteiger partial charge in [0.1, 0.15) is 12.2 Å². The molecular weight excluding hydrogens is 434 g/mol. The lowest BCUT2D eigenvalue weighted by Gasteiger charge is -2.23. The molecule has 0 fully saturated rings. The summed E-state index contributed by atoms with van der Waals surface area (Å²) in [5.74, 6) is -0.619. The van der Waals surface area contributed by atoms with Crippen LogP contribution < -0.4 is 5.32 Å². The molecule has 0 saturated heterocycles. The van der Waals surface area contributed by atoms with E-state index >= 15 is 0 Å². The van der Waals surface area contributed by atoms with Crippen molar-refractivity contribution in [3.8, 4) is 0 Å². The quantitative estimate of drug-likeness (QED) is 0.446. The Bertz CT molecular complexity index is 997.